The summed E-state index contributed by atoms with van der Waals surface area (Å²) in [6, 6.07) is 6.33. The molecule has 0 aliphatic rings. The molecule has 2 rings (SSSR count). The second-order valence-electron chi connectivity index (χ2n) is 4.33. The van der Waals surface area contributed by atoms with Gasteiger partial charge in [-0.05, 0) is 30.7 Å². The summed E-state index contributed by atoms with van der Waals surface area (Å²) in [6.45, 7) is 1.78. The highest BCUT2D eigenvalue weighted by Crippen LogP contribution is 2.28. The van der Waals surface area contributed by atoms with E-state index in [2.05, 4.69) is 5.32 Å². The molecule has 4 nitrogen and oxygen atoms in total. The molecule has 2 aromatic carbocycles. The third-order valence-electron chi connectivity index (χ3n) is 2.76. The molecule has 20 heavy (non-hydrogen) atoms. The topological polar surface area (TPSA) is 75.3 Å². The van der Waals surface area contributed by atoms with E-state index >= 15 is 0 Å². The third-order valence-corrected chi connectivity index (χ3v) is 2.76. The predicted molar refractivity (Wildman–Crippen MR) is 72.2 cm³/mol. The summed E-state index contributed by atoms with van der Waals surface area (Å²) in [5.41, 5.74) is 6.20. The number of nitrogens with two attached hydrogens (primary N) is 1. The predicted octanol–water partition coefficient (Wildman–Crippen LogP) is 3.30. The summed E-state index contributed by atoms with van der Waals surface area (Å²) in [5.74, 6) is -2.87. The molecular weight excluding hydrogens is 266 g/mol. The van der Waals surface area contributed by atoms with Crippen LogP contribution < -0.4 is 11.1 Å². The number of hydrogen-bond donors (Lipinski definition) is 3. The normalized spacial score (nSPS) is 10.3. The first kappa shape index (κ1) is 13.8. The number of nitrogens with one attached hydrogen (secondary N) is 1. The van der Waals surface area contributed by atoms with Crippen molar-refractivity contribution in [1.82, 2.24) is 0 Å². The molecule has 0 atom stereocenters. The Kier molecular flexibility index (Phi) is 3.56. The van der Waals surface area contributed by atoms with Crippen molar-refractivity contribution in [2.75, 3.05) is 11.1 Å². The molecule has 0 spiro atoms. The van der Waals surface area contributed by atoms with Crippen LogP contribution in [0.15, 0.2) is 30.3 Å². The van der Waals surface area contributed by atoms with Crippen LogP contribution in [-0.4, -0.2) is 11.1 Å². The third kappa shape index (κ3) is 2.69. The Hall–Kier alpha value is -2.63. The molecular formula is C14H12F2N2O2. The quantitative estimate of drug-likeness (QED) is 0.753. The number of aromatic carboxylic acids is 1. The number of hydrogen-bond acceptors (Lipinski definition) is 3. The average Bonchev–Trinajstić information content (AvgIpc) is 2.37. The van der Waals surface area contributed by atoms with Crippen LogP contribution in [-0.2, 0) is 0 Å². The fraction of sp³-hybridized carbons (Fsp3) is 0.0714. The zero-order valence-electron chi connectivity index (χ0n) is 10.6. The van der Waals surface area contributed by atoms with Crippen LogP contribution in [0.1, 0.15) is 15.9 Å². The largest absolute Gasteiger partial charge is 0.478 e. The second-order valence-corrected chi connectivity index (χ2v) is 4.33. The van der Waals surface area contributed by atoms with Crippen molar-refractivity contribution in [3.8, 4) is 0 Å². The molecule has 0 bridgehead atoms. The molecule has 0 saturated heterocycles. The standard InChI is InChI=1S/C14H12F2N2O2/c1-7-2-3-9(15)12(4-7)18-13-6-10(16)8(14(19)20)5-11(13)17/h2-6,18H,17H2,1H3,(H,19,20). The summed E-state index contributed by atoms with van der Waals surface area (Å²) < 4.78 is 27.2. The van der Waals surface area contributed by atoms with Crippen molar-refractivity contribution < 1.29 is 18.7 Å². The lowest BCUT2D eigenvalue weighted by atomic mass is 10.1. The van der Waals surface area contributed by atoms with Crippen LogP contribution in [0.4, 0.5) is 25.8 Å². The number of rotatable bonds is 3. The summed E-state index contributed by atoms with van der Waals surface area (Å²) in [6.07, 6.45) is 0. The van der Waals surface area contributed by atoms with Gasteiger partial charge in [-0.1, -0.05) is 6.07 Å². The van der Waals surface area contributed by atoms with E-state index in [0.29, 0.717) is 0 Å². The Morgan fingerprint density at radius 3 is 2.50 bits per heavy atom. The van der Waals surface area contributed by atoms with Crippen molar-refractivity contribution in [1.29, 1.82) is 0 Å². The number of carbonyl (C=O) groups is 1. The maximum absolute atomic E-state index is 13.6. The van der Waals surface area contributed by atoms with Gasteiger partial charge in [-0.25, -0.2) is 13.6 Å². The Labute approximate surface area is 113 Å². The number of carboxylic acids is 1. The molecule has 4 N–H and O–H groups in total. The van der Waals surface area contributed by atoms with Crippen LogP contribution in [0.25, 0.3) is 0 Å². The van der Waals surface area contributed by atoms with Crippen LogP contribution in [0.3, 0.4) is 0 Å². The Morgan fingerprint density at radius 1 is 1.15 bits per heavy atom. The van der Waals surface area contributed by atoms with Gasteiger partial charge in [0.05, 0.1) is 22.6 Å². The Balaban J connectivity index is 2.42. The number of halogens is 2. The number of aryl methyl sites for hydroxylation is 1. The molecule has 0 saturated carbocycles. The highest BCUT2D eigenvalue weighted by Gasteiger charge is 2.14. The van der Waals surface area contributed by atoms with E-state index in [1.165, 1.54) is 12.1 Å². The van der Waals surface area contributed by atoms with E-state index in [4.69, 9.17) is 10.8 Å². The lowest BCUT2D eigenvalue weighted by Gasteiger charge is -2.12. The first-order chi connectivity index (χ1) is 9.38. The molecule has 0 heterocycles. The van der Waals surface area contributed by atoms with Crippen molar-refractivity contribution in [2.24, 2.45) is 0 Å². The van der Waals surface area contributed by atoms with Crippen molar-refractivity contribution in [2.45, 2.75) is 6.92 Å². The molecule has 0 aromatic heterocycles. The zero-order chi connectivity index (χ0) is 14.9. The zero-order valence-corrected chi connectivity index (χ0v) is 10.6. The summed E-state index contributed by atoms with van der Waals surface area (Å²) in [7, 11) is 0. The number of anilines is 3. The van der Waals surface area contributed by atoms with E-state index in [9.17, 15) is 13.6 Å². The minimum Gasteiger partial charge on any atom is -0.478 e. The van der Waals surface area contributed by atoms with Gasteiger partial charge < -0.3 is 16.2 Å². The van der Waals surface area contributed by atoms with E-state index < -0.39 is 23.2 Å². The average molecular weight is 278 g/mol. The fourth-order valence-corrected chi connectivity index (χ4v) is 1.74. The molecule has 2 aromatic rings. The molecule has 6 heteroatoms. The smallest absolute Gasteiger partial charge is 0.338 e. The molecule has 104 valence electrons. The minimum absolute atomic E-state index is 0.0182. The van der Waals surface area contributed by atoms with Crippen LogP contribution in [0.2, 0.25) is 0 Å². The maximum atomic E-state index is 13.6. The van der Waals surface area contributed by atoms with Crippen molar-refractivity contribution >= 4 is 23.0 Å². The van der Waals surface area contributed by atoms with Crippen LogP contribution >= 0.6 is 0 Å². The minimum atomic E-state index is -1.41. The van der Waals surface area contributed by atoms with Crippen LogP contribution in [0, 0.1) is 18.6 Å². The molecule has 0 amide bonds. The van der Waals surface area contributed by atoms with Gasteiger partial charge in [0.2, 0.25) is 0 Å². The Morgan fingerprint density at radius 2 is 1.85 bits per heavy atom. The monoisotopic (exact) mass is 278 g/mol. The molecule has 0 fully saturated rings. The van der Waals surface area contributed by atoms with Crippen molar-refractivity contribution in [3.63, 3.8) is 0 Å². The number of benzene rings is 2. The van der Waals surface area contributed by atoms with Gasteiger partial charge in [-0.2, -0.15) is 0 Å². The maximum Gasteiger partial charge on any atom is 0.338 e. The number of nitrogen functional groups attached to an aromatic ring is 1. The van der Waals surface area contributed by atoms with Gasteiger partial charge in [-0.3, -0.25) is 0 Å². The SMILES string of the molecule is Cc1ccc(F)c(Nc2cc(F)c(C(=O)O)cc2N)c1. The fourth-order valence-electron chi connectivity index (χ4n) is 1.74. The van der Waals surface area contributed by atoms with Gasteiger partial charge in [0, 0.05) is 6.07 Å². The van der Waals surface area contributed by atoms with Gasteiger partial charge in [-0.15, -0.1) is 0 Å². The van der Waals surface area contributed by atoms with Gasteiger partial charge in [0.1, 0.15) is 11.6 Å². The van der Waals surface area contributed by atoms with Crippen molar-refractivity contribution in [3.05, 3.63) is 53.1 Å². The lowest BCUT2D eigenvalue weighted by Crippen LogP contribution is -2.05. The van der Waals surface area contributed by atoms with E-state index in [1.54, 1.807) is 13.0 Å². The Bertz CT molecular complexity index is 687. The summed E-state index contributed by atoms with van der Waals surface area (Å²) in [5, 5.41) is 11.4. The molecule has 0 aliphatic carbocycles. The first-order valence-electron chi connectivity index (χ1n) is 5.74. The van der Waals surface area contributed by atoms with Gasteiger partial charge in [0.15, 0.2) is 0 Å². The first-order valence-corrected chi connectivity index (χ1v) is 5.74. The summed E-state index contributed by atoms with van der Waals surface area (Å²) in [4.78, 5) is 10.8. The molecule has 0 unspecified atom stereocenters. The van der Waals surface area contributed by atoms with E-state index in [1.807, 2.05) is 0 Å². The van der Waals surface area contributed by atoms with E-state index in [-0.39, 0.29) is 17.1 Å². The van der Waals surface area contributed by atoms with E-state index in [0.717, 1.165) is 17.7 Å². The highest BCUT2D eigenvalue weighted by molar-refractivity contribution is 5.91. The number of carboxylic acid groups (broad SMARTS) is 1. The lowest BCUT2D eigenvalue weighted by molar-refractivity contribution is 0.0692. The van der Waals surface area contributed by atoms with Gasteiger partial charge in [0.25, 0.3) is 0 Å². The second kappa shape index (κ2) is 5.16. The molecule has 0 radical (unpaired) electrons. The summed E-state index contributed by atoms with van der Waals surface area (Å²) >= 11 is 0. The van der Waals surface area contributed by atoms with Gasteiger partial charge >= 0.3 is 5.97 Å². The van der Waals surface area contributed by atoms with Crippen LogP contribution in [0.5, 0.6) is 0 Å². The molecule has 0 aliphatic heterocycles. The highest BCUT2D eigenvalue weighted by atomic mass is 19.1.